The second kappa shape index (κ2) is 4.25. The number of rotatable bonds is 4. The fourth-order valence-corrected chi connectivity index (χ4v) is 1.25. The van der Waals surface area contributed by atoms with Crippen molar-refractivity contribution < 1.29 is 8.42 Å². The van der Waals surface area contributed by atoms with Crippen molar-refractivity contribution in [3.05, 3.63) is 30.3 Å². The SMILES string of the molecule is CNS(=O)(=O)CNc1c[c]ccc1. The minimum Gasteiger partial charge on any atom is -0.370 e. The average Bonchev–Trinajstić information content (AvgIpc) is 2.17. The zero-order valence-corrected chi connectivity index (χ0v) is 8.06. The third-order valence-electron chi connectivity index (χ3n) is 1.48. The Morgan fingerprint density at radius 1 is 1.54 bits per heavy atom. The third-order valence-corrected chi connectivity index (χ3v) is 2.63. The highest BCUT2D eigenvalue weighted by Crippen LogP contribution is 2.03. The van der Waals surface area contributed by atoms with Crippen molar-refractivity contribution in [2.75, 3.05) is 18.2 Å². The summed E-state index contributed by atoms with van der Waals surface area (Å²) >= 11 is 0. The van der Waals surface area contributed by atoms with E-state index in [-0.39, 0.29) is 5.88 Å². The van der Waals surface area contributed by atoms with Crippen molar-refractivity contribution in [1.82, 2.24) is 4.72 Å². The van der Waals surface area contributed by atoms with Gasteiger partial charge in [-0.3, -0.25) is 0 Å². The Morgan fingerprint density at radius 2 is 2.31 bits per heavy atom. The van der Waals surface area contributed by atoms with Crippen molar-refractivity contribution in [3.8, 4) is 0 Å². The van der Waals surface area contributed by atoms with Gasteiger partial charge in [-0.2, -0.15) is 0 Å². The molecule has 0 unspecified atom stereocenters. The molecular weight excluding hydrogens is 188 g/mol. The van der Waals surface area contributed by atoms with Crippen molar-refractivity contribution in [3.63, 3.8) is 0 Å². The quantitative estimate of drug-likeness (QED) is 0.738. The molecule has 0 aliphatic carbocycles. The van der Waals surface area contributed by atoms with Gasteiger partial charge < -0.3 is 5.32 Å². The van der Waals surface area contributed by atoms with Gasteiger partial charge >= 0.3 is 0 Å². The standard InChI is InChI=1S/C8H11N2O2S/c1-9-13(11,12)7-10-8-5-3-2-4-6-8/h2-3,5-6,9-10H,7H2,1H3. The third kappa shape index (κ3) is 3.43. The summed E-state index contributed by atoms with van der Waals surface area (Å²) in [5.41, 5.74) is 0.737. The second-order valence-corrected chi connectivity index (χ2v) is 4.36. The molecular formula is C8H11N2O2S. The van der Waals surface area contributed by atoms with Crippen LogP contribution in [0.25, 0.3) is 0 Å². The molecule has 0 aromatic heterocycles. The van der Waals surface area contributed by atoms with E-state index in [2.05, 4.69) is 16.1 Å². The van der Waals surface area contributed by atoms with Crippen LogP contribution >= 0.6 is 0 Å². The fraction of sp³-hybridized carbons (Fsp3) is 0.250. The summed E-state index contributed by atoms with van der Waals surface area (Å²) < 4.78 is 24.2. The largest absolute Gasteiger partial charge is 0.370 e. The summed E-state index contributed by atoms with van der Waals surface area (Å²) in [6.07, 6.45) is 0. The first kappa shape index (κ1) is 10.0. The molecule has 0 heterocycles. The molecule has 0 spiro atoms. The van der Waals surface area contributed by atoms with Gasteiger partial charge in [-0.15, -0.1) is 0 Å². The molecule has 0 aliphatic rings. The maximum atomic E-state index is 11.0. The Bertz CT molecular complexity index is 348. The lowest BCUT2D eigenvalue weighted by molar-refractivity contribution is 0.590. The van der Waals surface area contributed by atoms with Gasteiger partial charge in [0.2, 0.25) is 10.0 Å². The number of sulfonamides is 1. The van der Waals surface area contributed by atoms with Crippen LogP contribution in [-0.2, 0) is 10.0 Å². The van der Waals surface area contributed by atoms with Crippen molar-refractivity contribution in [1.29, 1.82) is 0 Å². The van der Waals surface area contributed by atoms with Crippen LogP contribution in [0.15, 0.2) is 24.3 Å². The molecule has 5 heteroatoms. The van der Waals surface area contributed by atoms with E-state index in [1.165, 1.54) is 7.05 Å². The normalized spacial score (nSPS) is 11.2. The topological polar surface area (TPSA) is 58.2 Å². The highest BCUT2D eigenvalue weighted by Gasteiger charge is 2.04. The van der Waals surface area contributed by atoms with Gasteiger partial charge in [-0.1, -0.05) is 12.1 Å². The van der Waals surface area contributed by atoms with E-state index < -0.39 is 10.0 Å². The smallest absolute Gasteiger partial charge is 0.229 e. The highest BCUT2D eigenvalue weighted by atomic mass is 32.2. The molecule has 0 atom stereocenters. The first-order valence-electron chi connectivity index (χ1n) is 3.75. The summed E-state index contributed by atoms with van der Waals surface area (Å²) in [4.78, 5) is 0. The van der Waals surface area contributed by atoms with Crippen LogP contribution in [0.1, 0.15) is 0 Å². The Labute approximate surface area is 78.0 Å². The van der Waals surface area contributed by atoms with E-state index in [1.54, 1.807) is 24.3 Å². The summed E-state index contributed by atoms with van der Waals surface area (Å²) in [7, 11) is -1.81. The predicted octanol–water partition coefficient (Wildman–Crippen LogP) is 0.405. The number of benzene rings is 1. The average molecular weight is 199 g/mol. The van der Waals surface area contributed by atoms with Crippen molar-refractivity contribution in [2.24, 2.45) is 0 Å². The molecule has 2 N–H and O–H groups in total. The Balaban J connectivity index is 2.54. The molecule has 0 saturated carbocycles. The van der Waals surface area contributed by atoms with Crippen LogP contribution in [0.3, 0.4) is 0 Å². The number of anilines is 1. The van der Waals surface area contributed by atoms with Gasteiger partial charge in [0.1, 0.15) is 5.88 Å². The van der Waals surface area contributed by atoms with E-state index in [4.69, 9.17) is 0 Å². The number of hydrogen-bond acceptors (Lipinski definition) is 3. The lowest BCUT2D eigenvalue weighted by Gasteiger charge is -2.05. The van der Waals surface area contributed by atoms with Crippen LogP contribution in [0, 0.1) is 6.07 Å². The lowest BCUT2D eigenvalue weighted by atomic mass is 10.3. The van der Waals surface area contributed by atoms with Gasteiger partial charge in [0, 0.05) is 5.69 Å². The Morgan fingerprint density at radius 3 is 2.85 bits per heavy atom. The Hall–Kier alpha value is -1.07. The molecule has 0 fully saturated rings. The van der Waals surface area contributed by atoms with Gasteiger partial charge in [0.05, 0.1) is 0 Å². The molecule has 0 amide bonds. The summed E-state index contributed by atoms with van der Waals surface area (Å²) in [5, 5.41) is 2.75. The maximum Gasteiger partial charge on any atom is 0.229 e. The Kier molecular flexibility index (Phi) is 3.27. The van der Waals surface area contributed by atoms with E-state index >= 15 is 0 Å². The molecule has 1 radical (unpaired) electrons. The zero-order chi connectivity index (χ0) is 9.73. The maximum absolute atomic E-state index is 11.0. The first-order valence-corrected chi connectivity index (χ1v) is 5.40. The monoisotopic (exact) mass is 199 g/mol. The molecule has 13 heavy (non-hydrogen) atoms. The van der Waals surface area contributed by atoms with Crippen LogP contribution in [0.5, 0.6) is 0 Å². The van der Waals surface area contributed by atoms with Crippen LogP contribution in [0.2, 0.25) is 0 Å². The molecule has 1 rings (SSSR count). The van der Waals surface area contributed by atoms with E-state index in [0.29, 0.717) is 0 Å². The van der Waals surface area contributed by atoms with Crippen LogP contribution in [-0.4, -0.2) is 21.3 Å². The van der Waals surface area contributed by atoms with Crippen LogP contribution in [0.4, 0.5) is 5.69 Å². The predicted molar refractivity (Wildman–Crippen MR) is 51.7 cm³/mol. The second-order valence-electron chi connectivity index (χ2n) is 2.43. The van der Waals surface area contributed by atoms with Gasteiger partial charge in [-0.25, -0.2) is 13.1 Å². The molecule has 1 aromatic rings. The molecule has 1 aromatic carbocycles. The zero-order valence-electron chi connectivity index (χ0n) is 7.24. The van der Waals surface area contributed by atoms with E-state index in [1.807, 2.05) is 0 Å². The summed E-state index contributed by atoms with van der Waals surface area (Å²) in [6.45, 7) is 0. The first-order chi connectivity index (χ1) is 6.14. The lowest BCUT2D eigenvalue weighted by Crippen LogP contribution is -2.26. The summed E-state index contributed by atoms with van der Waals surface area (Å²) in [6, 6.07) is 9.84. The summed E-state index contributed by atoms with van der Waals surface area (Å²) in [5.74, 6) is -0.124. The molecule has 0 saturated heterocycles. The minimum atomic E-state index is -3.19. The highest BCUT2D eigenvalue weighted by molar-refractivity contribution is 7.89. The number of hydrogen-bond donors (Lipinski definition) is 2. The van der Waals surface area contributed by atoms with E-state index in [0.717, 1.165) is 5.69 Å². The fourth-order valence-electron chi connectivity index (χ4n) is 0.754. The molecule has 0 bridgehead atoms. The van der Waals surface area contributed by atoms with Crippen molar-refractivity contribution in [2.45, 2.75) is 0 Å². The molecule has 71 valence electrons. The molecule has 4 nitrogen and oxygen atoms in total. The molecule has 0 aliphatic heterocycles. The van der Waals surface area contributed by atoms with Gasteiger partial charge in [0.15, 0.2) is 0 Å². The van der Waals surface area contributed by atoms with E-state index in [9.17, 15) is 8.42 Å². The van der Waals surface area contributed by atoms with Gasteiger partial charge in [0.25, 0.3) is 0 Å². The minimum absolute atomic E-state index is 0.124. The van der Waals surface area contributed by atoms with Gasteiger partial charge in [-0.05, 0) is 25.2 Å². The van der Waals surface area contributed by atoms with Crippen LogP contribution < -0.4 is 10.0 Å². The van der Waals surface area contributed by atoms with Crippen molar-refractivity contribution >= 4 is 15.7 Å². The number of nitrogens with one attached hydrogen (secondary N) is 2.